The zero-order valence-corrected chi connectivity index (χ0v) is 15.0. The lowest BCUT2D eigenvalue weighted by atomic mass is 9.79. The molecule has 0 aromatic heterocycles. The fourth-order valence-electron chi connectivity index (χ4n) is 3.28. The van der Waals surface area contributed by atoms with E-state index in [2.05, 4.69) is 24.1 Å². The van der Waals surface area contributed by atoms with E-state index in [1.54, 1.807) is 0 Å². The molecule has 5 nitrogen and oxygen atoms in total. The Morgan fingerprint density at radius 1 is 1.26 bits per heavy atom. The van der Waals surface area contributed by atoms with Crippen molar-refractivity contribution >= 4 is 24.0 Å². The minimum absolute atomic E-state index is 0. The minimum Gasteiger partial charge on any atom is -0.454 e. The SMILES string of the molecule is CC(C)(CO)[C@@H](c1cc2c(cc1Cl)OCO2)N1CCNCC1.Cl. The van der Waals surface area contributed by atoms with Crippen molar-refractivity contribution in [1.82, 2.24) is 10.2 Å². The van der Waals surface area contributed by atoms with Crippen LogP contribution in [0.3, 0.4) is 0 Å². The first-order valence-corrected chi connectivity index (χ1v) is 8.05. The summed E-state index contributed by atoms with van der Waals surface area (Å²) in [6.07, 6.45) is 0. The van der Waals surface area contributed by atoms with Gasteiger partial charge in [0.05, 0.1) is 0 Å². The standard InChI is InChI=1S/C16H23ClN2O3.ClH/c1-16(2,9-20)15(19-5-3-18-4-6-19)11-7-13-14(8-12(11)17)22-10-21-13;/h7-8,15,18,20H,3-6,9-10H2,1-2H3;1H/t15-;/m1./s1. The Morgan fingerprint density at radius 2 is 1.87 bits per heavy atom. The topological polar surface area (TPSA) is 54.0 Å². The van der Waals surface area contributed by atoms with E-state index >= 15 is 0 Å². The predicted molar refractivity (Wildman–Crippen MR) is 92.9 cm³/mol. The molecule has 0 aliphatic carbocycles. The number of rotatable bonds is 4. The summed E-state index contributed by atoms with van der Waals surface area (Å²) in [5.41, 5.74) is 0.682. The van der Waals surface area contributed by atoms with Gasteiger partial charge in [-0.2, -0.15) is 0 Å². The summed E-state index contributed by atoms with van der Waals surface area (Å²) >= 11 is 6.53. The molecule has 0 unspecified atom stereocenters. The molecule has 2 N–H and O–H groups in total. The Bertz CT molecular complexity index is 548. The van der Waals surface area contributed by atoms with Gasteiger partial charge in [-0.1, -0.05) is 25.4 Å². The van der Waals surface area contributed by atoms with E-state index in [-0.39, 0.29) is 37.3 Å². The van der Waals surface area contributed by atoms with Gasteiger partial charge in [-0.15, -0.1) is 12.4 Å². The molecule has 0 spiro atoms. The van der Waals surface area contributed by atoms with Gasteiger partial charge in [0.15, 0.2) is 11.5 Å². The Morgan fingerprint density at radius 3 is 2.48 bits per heavy atom. The van der Waals surface area contributed by atoms with E-state index in [0.29, 0.717) is 10.8 Å². The van der Waals surface area contributed by atoms with Gasteiger partial charge in [0.25, 0.3) is 0 Å². The van der Waals surface area contributed by atoms with Crippen molar-refractivity contribution in [1.29, 1.82) is 0 Å². The highest BCUT2D eigenvalue weighted by Crippen LogP contribution is 2.45. The van der Waals surface area contributed by atoms with Gasteiger partial charge in [0.1, 0.15) is 0 Å². The van der Waals surface area contributed by atoms with Crippen molar-refractivity contribution in [2.24, 2.45) is 5.41 Å². The van der Waals surface area contributed by atoms with Gasteiger partial charge in [-0.05, 0) is 11.6 Å². The smallest absolute Gasteiger partial charge is 0.231 e. The third-order valence-electron chi connectivity index (χ3n) is 4.45. The molecule has 0 saturated carbocycles. The molecule has 1 atom stereocenters. The van der Waals surface area contributed by atoms with Crippen LogP contribution < -0.4 is 14.8 Å². The van der Waals surface area contributed by atoms with Crippen LogP contribution in [-0.4, -0.2) is 49.6 Å². The molecule has 2 aliphatic rings. The average Bonchev–Trinajstić information content (AvgIpc) is 2.95. The molecule has 130 valence electrons. The molecule has 1 fully saturated rings. The number of fused-ring (bicyclic) bond motifs is 1. The van der Waals surface area contributed by atoms with Crippen LogP contribution in [0.25, 0.3) is 0 Å². The summed E-state index contributed by atoms with van der Waals surface area (Å²) in [5, 5.41) is 13.9. The van der Waals surface area contributed by atoms with E-state index in [9.17, 15) is 5.11 Å². The van der Waals surface area contributed by atoms with E-state index < -0.39 is 0 Å². The van der Waals surface area contributed by atoms with Crippen molar-refractivity contribution in [3.8, 4) is 11.5 Å². The Kier molecular flexibility index (Phi) is 6.03. The van der Waals surface area contributed by atoms with Crippen molar-refractivity contribution in [3.63, 3.8) is 0 Å². The normalized spacial score (nSPS) is 19.3. The third-order valence-corrected chi connectivity index (χ3v) is 4.78. The van der Waals surface area contributed by atoms with Gasteiger partial charge in [0.2, 0.25) is 6.79 Å². The third kappa shape index (κ3) is 3.69. The number of nitrogens with one attached hydrogen (secondary N) is 1. The van der Waals surface area contributed by atoms with Gasteiger partial charge in [-0.3, -0.25) is 4.90 Å². The summed E-state index contributed by atoms with van der Waals surface area (Å²) in [6, 6.07) is 3.82. The van der Waals surface area contributed by atoms with Crippen LogP contribution in [0.4, 0.5) is 0 Å². The number of nitrogens with zero attached hydrogens (tertiary/aromatic N) is 1. The first kappa shape index (κ1) is 18.6. The molecule has 2 aliphatic heterocycles. The molecular weight excluding hydrogens is 339 g/mol. The zero-order chi connectivity index (χ0) is 15.7. The van der Waals surface area contributed by atoms with Crippen LogP contribution in [0.1, 0.15) is 25.5 Å². The van der Waals surface area contributed by atoms with E-state index in [4.69, 9.17) is 21.1 Å². The van der Waals surface area contributed by atoms with Crippen LogP contribution in [0.15, 0.2) is 12.1 Å². The second-order valence-electron chi connectivity index (χ2n) is 6.56. The number of benzene rings is 1. The predicted octanol–water partition coefficient (Wildman–Crippen LogP) is 2.46. The van der Waals surface area contributed by atoms with Crippen LogP contribution in [0.2, 0.25) is 5.02 Å². The fraction of sp³-hybridized carbons (Fsp3) is 0.625. The molecule has 0 bridgehead atoms. The van der Waals surface area contributed by atoms with Gasteiger partial charge in [-0.25, -0.2) is 0 Å². The largest absolute Gasteiger partial charge is 0.454 e. The number of hydrogen-bond donors (Lipinski definition) is 2. The van der Waals surface area contributed by atoms with Crippen molar-refractivity contribution < 1.29 is 14.6 Å². The van der Waals surface area contributed by atoms with Gasteiger partial charge >= 0.3 is 0 Å². The van der Waals surface area contributed by atoms with E-state index in [1.165, 1.54) is 0 Å². The molecule has 23 heavy (non-hydrogen) atoms. The fourth-order valence-corrected chi connectivity index (χ4v) is 3.54. The number of halogens is 2. The maximum Gasteiger partial charge on any atom is 0.231 e. The van der Waals surface area contributed by atoms with Crippen LogP contribution in [-0.2, 0) is 0 Å². The molecule has 3 rings (SSSR count). The zero-order valence-electron chi connectivity index (χ0n) is 13.5. The van der Waals surface area contributed by atoms with Crippen molar-refractivity contribution in [3.05, 3.63) is 22.7 Å². The summed E-state index contributed by atoms with van der Waals surface area (Å²) < 4.78 is 10.9. The molecule has 0 radical (unpaired) electrons. The van der Waals surface area contributed by atoms with Crippen LogP contribution in [0.5, 0.6) is 11.5 Å². The Balaban J connectivity index is 0.00000192. The highest BCUT2D eigenvalue weighted by Gasteiger charge is 2.37. The second kappa shape index (κ2) is 7.45. The molecule has 1 aromatic rings. The lowest BCUT2D eigenvalue weighted by molar-refractivity contribution is 0.0305. The van der Waals surface area contributed by atoms with Crippen LogP contribution in [0, 0.1) is 5.41 Å². The monoisotopic (exact) mass is 362 g/mol. The van der Waals surface area contributed by atoms with Crippen molar-refractivity contribution in [2.75, 3.05) is 39.6 Å². The highest BCUT2D eigenvalue weighted by atomic mass is 35.5. The van der Waals surface area contributed by atoms with E-state index in [0.717, 1.165) is 37.5 Å². The Hall–Kier alpha value is -0.720. The average molecular weight is 363 g/mol. The number of aliphatic hydroxyl groups excluding tert-OH is 1. The Labute approximate surface area is 148 Å². The molecule has 1 saturated heterocycles. The molecule has 1 aromatic carbocycles. The lowest BCUT2D eigenvalue weighted by Crippen LogP contribution is -2.49. The second-order valence-corrected chi connectivity index (χ2v) is 6.97. The first-order chi connectivity index (χ1) is 10.5. The highest BCUT2D eigenvalue weighted by molar-refractivity contribution is 6.31. The van der Waals surface area contributed by atoms with Crippen LogP contribution >= 0.6 is 24.0 Å². The molecule has 7 heteroatoms. The van der Waals surface area contributed by atoms with Crippen molar-refractivity contribution in [2.45, 2.75) is 19.9 Å². The summed E-state index contributed by atoms with van der Waals surface area (Å²) in [4.78, 5) is 2.39. The maximum absolute atomic E-state index is 9.90. The molecule has 2 heterocycles. The quantitative estimate of drug-likeness (QED) is 0.861. The number of piperazine rings is 1. The number of ether oxygens (including phenoxy) is 2. The maximum atomic E-state index is 9.90. The number of hydrogen-bond acceptors (Lipinski definition) is 5. The summed E-state index contributed by atoms with van der Waals surface area (Å²) in [7, 11) is 0. The van der Waals surface area contributed by atoms with Gasteiger partial charge in [0, 0.05) is 55.3 Å². The molecule has 0 amide bonds. The summed E-state index contributed by atoms with van der Waals surface area (Å²) in [6.45, 7) is 8.21. The first-order valence-electron chi connectivity index (χ1n) is 7.67. The molecular formula is C16H24Cl2N2O3. The van der Waals surface area contributed by atoms with E-state index in [1.807, 2.05) is 12.1 Å². The summed E-state index contributed by atoms with van der Waals surface area (Å²) in [5.74, 6) is 1.42. The number of aliphatic hydroxyl groups is 1. The van der Waals surface area contributed by atoms with Gasteiger partial charge < -0.3 is 19.9 Å². The lowest BCUT2D eigenvalue weighted by Gasteiger charge is -2.43. The minimum atomic E-state index is -0.311.